The van der Waals surface area contributed by atoms with Gasteiger partial charge in [-0.15, -0.1) is 0 Å². The molecule has 2 unspecified atom stereocenters. The highest BCUT2D eigenvalue weighted by Crippen LogP contribution is 2.10. The van der Waals surface area contributed by atoms with Crippen LogP contribution in [0.1, 0.15) is 46.5 Å². The molecule has 0 amide bonds. The van der Waals surface area contributed by atoms with Gasteiger partial charge in [0.1, 0.15) is 0 Å². The summed E-state index contributed by atoms with van der Waals surface area (Å²) in [5, 5.41) is 13.1. The van der Waals surface area contributed by atoms with E-state index in [1.54, 1.807) is 0 Å². The number of rotatable bonds is 14. The Labute approximate surface area is 118 Å². The zero-order valence-electron chi connectivity index (χ0n) is 13.0. The molecular weight excluding hydrogens is 242 g/mol. The highest BCUT2D eigenvalue weighted by Gasteiger charge is 2.08. The summed E-state index contributed by atoms with van der Waals surface area (Å²) in [5.41, 5.74) is 0. The minimum absolute atomic E-state index is 0.381. The average Bonchev–Trinajstić information content (AvgIpc) is 2.42. The lowest BCUT2D eigenvalue weighted by atomic mass is 9.99. The van der Waals surface area contributed by atoms with Crippen molar-refractivity contribution in [2.75, 3.05) is 39.5 Å². The Kier molecular flexibility index (Phi) is 14.1. The molecule has 0 aliphatic carbocycles. The van der Waals surface area contributed by atoms with Crippen LogP contribution in [0.3, 0.4) is 0 Å². The third-order valence-corrected chi connectivity index (χ3v) is 3.24. The lowest BCUT2D eigenvalue weighted by Crippen LogP contribution is -2.33. The van der Waals surface area contributed by atoms with E-state index in [0.29, 0.717) is 33.0 Å². The summed E-state index contributed by atoms with van der Waals surface area (Å²) in [5.74, 6) is 0.728. The maximum Gasteiger partial charge on any atom is 0.0897 e. The summed E-state index contributed by atoms with van der Waals surface area (Å²) < 4.78 is 10.5. The summed E-state index contributed by atoms with van der Waals surface area (Å²) in [4.78, 5) is 0. The summed E-state index contributed by atoms with van der Waals surface area (Å²) in [7, 11) is 0. The van der Waals surface area contributed by atoms with Gasteiger partial charge in [-0.2, -0.15) is 0 Å². The van der Waals surface area contributed by atoms with E-state index in [-0.39, 0.29) is 0 Å². The van der Waals surface area contributed by atoms with Gasteiger partial charge in [0, 0.05) is 13.2 Å². The van der Waals surface area contributed by atoms with Gasteiger partial charge in [0.05, 0.1) is 25.9 Å². The summed E-state index contributed by atoms with van der Waals surface area (Å²) in [6.45, 7) is 10.3. The molecule has 0 saturated carbocycles. The van der Waals surface area contributed by atoms with Crippen molar-refractivity contribution in [1.82, 2.24) is 5.32 Å². The predicted octanol–water partition coefficient (Wildman–Crippen LogP) is 2.21. The molecule has 0 fully saturated rings. The molecule has 0 rings (SSSR count). The van der Waals surface area contributed by atoms with E-state index in [1.165, 1.54) is 25.7 Å². The van der Waals surface area contributed by atoms with Gasteiger partial charge in [-0.25, -0.2) is 0 Å². The third kappa shape index (κ3) is 12.6. The second kappa shape index (κ2) is 14.3. The fourth-order valence-corrected chi connectivity index (χ4v) is 1.94. The first-order chi connectivity index (χ1) is 9.24. The van der Waals surface area contributed by atoms with Crippen LogP contribution < -0.4 is 5.32 Å². The van der Waals surface area contributed by atoms with E-state index in [0.717, 1.165) is 12.5 Å². The molecule has 4 heteroatoms. The number of nitrogens with one attached hydrogen (secondary N) is 1. The molecule has 19 heavy (non-hydrogen) atoms. The molecule has 4 nitrogen and oxygen atoms in total. The lowest BCUT2D eigenvalue weighted by molar-refractivity contribution is 0.00627. The Morgan fingerprint density at radius 3 is 2.42 bits per heavy atom. The fourth-order valence-electron chi connectivity index (χ4n) is 1.94. The maximum atomic E-state index is 9.74. The molecule has 0 aromatic rings. The molecule has 0 aliphatic rings. The van der Waals surface area contributed by atoms with Gasteiger partial charge in [0.2, 0.25) is 0 Å². The minimum Gasteiger partial charge on any atom is -0.389 e. The van der Waals surface area contributed by atoms with E-state index in [2.05, 4.69) is 19.2 Å². The molecule has 2 atom stereocenters. The Morgan fingerprint density at radius 1 is 1.05 bits per heavy atom. The third-order valence-electron chi connectivity index (χ3n) is 3.24. The number of ether oxygens (including phenoxy) is 2. The van der Waals surface area contributed by atoms with Gasteiger partial charge in [-0.05, 0) is 25.8 Å². The van der Waals surface area contributed by atoms with E-state index in [4.69, 9.17) is 9.47 Å². The Hall–Kier alpha value is -0.160. The van der Waals surface area contributed by atoms with Gasteiger partial charge < -0.3 is 19.9 Å². The van der Waals surface area contributed by atoms with Crippen LogP contribution >= 0.6 is 0 Å². The number of aliphatic hydroxyl groups excluding tert-OH is 1. The average molecular weight is 275 g/mol. The SMILES string of the molecule is CCCCC(CC)CNCC(O)COCCOCC. The van der Waals surface area contributed by atoms with Crippen molar-refractivity contribution in [3.05, 3.63) is 0 Å². The van der Waals surface area contributed by atoms with Gasteiger partial charge in [0.25, 0.3) is 0 Å². The Balaban J connectivity index is 3.42. The van der Waals surface area contributed by atoms with Crippen molar-refractivity contribution in [2.24, 2.45) is 5.92 Å². The van der Waals surface area contributed by atoms with E-state index in [1.807, 2.05) is 6.92 Å². The van der Waals surface area contributed by atoms with Crippen LogP contribution in [0.4, 0.5) is 0 Å². The minimum atomic E-state index is -0.426. The smallest absolute Gasteiger partial charge is 0.0897 e. The molecule has 0 spiro atoms. The van der Waals surface area contributed by atoms with Crippen LogP contribution in [0.15, 0.2) is 0 Å². The van der Waals surface area contributed by atoms with Crippen LogP contribution in [-0.4, -0.2) is 50.7 Å². The molecule has 0 heterocycles. The maximum absolute atomic E-state index is 9.74. The number of aliphatic hydroxyl groups is 1. The lowest BCUT2D eigenvalue weighted by Gasteiger charge is -2.17. The van der Waals surface area contributed by atoms with Crippen molar-refractivity contribution in [3.63, 3.8) is 0 Å². The van der Waals surface area contributed by atoms with Crippen molar-refractivity contribution in [1.29, 1.82) is 0 Å². The van der Waals surface area contributed by atoms with Crippen LogP contribution in [-0.2, 0) is 9.47 Å². The second-order valence-corrected chi connectivity index (χ2v) is 5.00. The first kappa shape index (κ1) is 18.8. The largest absolute Gasteiger partial charge is 0.389 e. The standard InChI is InChI=1S/C15H33NO3/c1-4-7-8-14(5-2)11-16-12-15(17)13-19-10-9-18-6-3/h14-17H,4-13H2,1-3H3. The summed E-state index contributed by atoms with van der Waals surface area (Å²) >= 11 is 0. The van der Waals surface area contributed by atoms with Gasteiger partial charge >= 0.3 is 0 Å². The zero-order chi connectivity index (χ0) is 14.3. The van der Waals surface area contributed by atoms with Crippen molar-refractivity contribution in [3.8, 4) is 0 Å². The molecular formula is C15H33NO3. The fraction of sp³-hybridized carbons (Fsp3) is 1.00. The monoisotopic (exact) mass is 275 g/mol. The second-order valence-electron chi connectivity index (χ2n) is 5.00. The van der Waals surface area contributed by atoms with E-state index >= 15 is 0 Å². The zero-order valence-corrected chi connectivity index (χ0v) is 13.0. The highest BCUT2D eigenvalue weighted by atomic mass is 16.5. The number of hydrogen-bond acceptors (Lipinski definition) is 4. The number of hydrogen-bond donors (Lipinski definition) is 2. The normalized spacial score (nSPS) is 14.5. The molecule has 2 N–H and O–H groups in total. The molecule has 0 aromatic carbocycles. The molecule has 0 aromatic heterocycles. The van der Waals surface area contributed by atoms with E-state index < -0.39 is 6.10 Å². The Morgan fingerprint density at radius 2 is 1.79 bits per heavy atom. The highest BCUT2D eigenvalue weighted by molar-refractivity contribution is 4.64. The van der Waals surface area contributed by atoms with Crippen LogP contribution in [0.5, 0.6) is 0 Å². The van der Waals surface area contributed by atoms with Crippen LogP contribution in [0.2, 0.25) is 0 Å². The van der Waals surface area contributed by atoms with Crippen LogP contribution in [0.25, 0.3) is 0 Å². The van der Waals surface area contributed by atoms with Crippen LogP contribution in [0, 0.1) is 5.92 Å². The molecule has 0 bridgehead atoms. The summed E-state index contributed by atoms with van der Waals surface area (Å²) in [6.07, 6.45) is 4.61. The molecule has 0 saturated heterocycles. The van der Waals surface area contributed by atoms with Gasteiger partial charge in [-0.1, -0.05) is 33.1 Å². The van der Waals surface area contributed by atoms with Gasteiger partial charge in [-0.3, -0.25) is 0 Å². The molecule has 0 aliphatic heterocycles. The van der Waals surface area contributed by atoms with Crippen molar-refractivity contribution in [2.45, 2.75) is 52.6 Å². The first-order valence-corrected chi connectivity index (χ1v) is 7.78. The Bertz CT molecular complexity index is 179. The quantitative estimate of drug-likeness (QED) is 0.477. The van der Waals surface area contributed by atoms with E-state index in [9.17, 15) is 5.11 Å². The molecule has 116 valence electrons. The van der Waals surface area contributed by atoms with Crippen molar-refractivity contribution >= 4 is 0 Å². The van der Waals surface area contributed by atoms with Crippen molar-refractivity contribution < 1.29 is 14.6 Å². The molecule has 0 radical (unpaired) electrons. The first-order valence-electron chi connectivity index (χ1n) is 7.78. The summed E-state index contributed by atoms with van der Waals surface area (Å²) in [6, 6.07) is 0. The predicted molar refractivity (Wildman–Crippen MR) is 79.5 cm³/mol. The topological polar surface area (TPSA) is 50.7 Å². The van der Waals surface area contributed by atoms with Gasteiger partial charge in [0.15, 0.2) is 0 Å². The number of unbranched alkanes of at least 4 members (excludes halogenated alkanes) is 1.